The molecule has 0 atom stereocenters. The van der Waals surface area contributed by atoms with Crippen molar-refractivity contribution in [2.24, 2.45) is 18.4 Å². The van der Waals surface area contributed by atoms with Crippen molar-refractivity contribution in [3.05, 3.63) is 81.1 Å². The number of halogens is 6. The van der Waals surface area contributed by atoms with Crippen molar-refractivity contribution < 1.29 is 31.1 Å². The summed E-state index contributed by atoms with van der Waals surface area (Å²) in [4.78, 5) is 27.6. The molecule has 2 aliphatic rings. The van der Waals surface area contributed by atoms with Gasteiger partial charge in [0, 0.05) is 26.2 Å². The molecule has 1 N–H and O–H groups in total. The van der Waals surface area contributed by atoms with Crippen LogP contribution in [-0.4, -0.2) is 28.5 Å². The minimum atomic E-state index is -4.94. The molecule has 1 aliphatic heterocycles. The van der Waals surface area contributed by atoms with E-state index in [4.69, 9.17) is 0 Å². The van der Waals surface area contributed by atoms with E-state index in [-0.39, 0.29) is 23.1 Å². The lowest BCUT2D eigenvalue weighted by molar-refractivity contribution is -0.143. The summed E-state index contributed by atoms with van der Waals surface area (Å²) < 4.78 is 81.2. The third kappa shape index (κ3) is 6.60. The number of aryl methyl sites for hydroxylation is 1. The number of hydrogen-bond donors (Lipinski definition) is 1. The quantitative estimate of drug-likeness (QED) is 0.336. The van der Waals surface area contributed by atoms with Crippen molar-refractivity contribution in [3.8, 4) is 0 Å². The summed E-state index contributed by atoms with van der Waals surface area (Å²) in [5.74, 6) is 0.0893. The molecule has 3 aromatic rings. The van der Waals surface area contributed by atoms with Gasteiger partial charge in [0.2, 0.25) is 5.91 Å². The molecule has 0 bridgehead atoms. The van der Waals surface area contributed by atoms with Gasteiger partial charge in [0.05, 0.1) is 22.1 Å². The zero-order valence-electron chi connectivity index (χ0n) is 22.5. The largest absolute Gasteiger partial charge is 0.416 e. The highest BCUT2D eigenvalue weighted by molar-refractivity contribution is 5.83. The van der Waals surface area contributed by atoms with E-state index in [1.807, 2.05) is 18.2 Å². The molecule has 1 aromatic heterocycles. The molecule has 220 valence electrons. The zero-order valence-corrected chi connectivity index (χ0v) is 22.5. The molecule has 41 heavy (non-hydrogen) atoms. The normalized spacial score (nSPS) is 18.0. The average Bonchev–Trinajstić information content (AvgIpc) is 3.73. The van der Waals surface area contributed by atoms with Crippen LogP contribution in [0.15, 0.2) is 53.3 Å². The van der Waals surface area contributed by atoms with Gasteiger partial charge in [0.25, 0.3) is 5.56 Å². The molecule has 1 saturated heterocycles. The van der Waals surface area contributed by atoms with Crippen molar-refractivity contribution in [2.75, 3.05) is 13.1 Å². The number of aromatic nitrogens is 1. The lowest BCUT2D eigenvalue weighted by Gasteiger charge is -2.41. The van der Waals surface area contributed by atoms with Gasteiger partial charge in [-0.15, -0.1) is 0 Å². The van der Waals surface area contributed by atoms with Crippen LogP contribution in [0.3, 0.4) is 0 Å². The summed E-state index contributed by atoms with van der Waals surface area (Å²) in [6.45, 7) is 1.51. The zero-order chi connectivity index (χ0) is 29.6. The van der Waals surface area contributed by atoms with E-state index < -0.39 is 35.4 Å². The molecule has 11 heteroatoms. The van der Waals surface area contributed by atoms with Crippen molar-refractivity contribution in [2.45, 2.75) is 57.5 Å². The third-order valence-corrected chi connectivity index (χ3v) is 8.37. The predicted molar refractivity (Wildman–Crippen MR) is 142 cm³/mol. The number of nitrogens with one attached hydrogen (secondary N) is 1. The molecule has 5 nitrogen and oxygen atoms in total. The van der Waals surface area contributed by atoms with E-state index in [0.29, 0.717) is 56.9 Å². The molecule has 2 aromatic carbocycles. The average molecular weight is 580 g/mol. The standard InChI is InChI=1S/C30H31F6N3O2/c1-38-25-6-4-20(12-22(25)5-7-26(38)40)18-39-10-8-28(9-11-39,16-19-2-3-19)27(41)37-17-21-13-23(29(31,32)33)15-24(14-21)30(34,35)36/h4-7,12-15,19H,2-3,8-11,16-18H2,1H3,(H,37,41). The van der Waals surface area contributed by atoms with Gasteiger partial charge in [-0.25, -0.2) is 0 Å². The summed E-state index contributed by atoms with van der Waals surface area (Å²) in [5, 5.41) is 3.63. The van der Waals surface area contributed by atoms with E-state index in [1.165, 1.54) is 6.07 Å². The first-order valence-electron chi connectivity index (χ1n) is 13.6. The van der Waals surface area contributed by atoms with Gasteiger partial charge in [-0.3, -0.25) is 14.5 Å². The minimum Gasteiger partial charge on any atom is -0.352 e. The molecular weight excluding hydrogens is 548 g/mol. The number of fused-ring (bicyclic) bond motifs is 1. The lowest BCUT2D eigenvalue weighted by Crippen LogP contribution is -2.48. The highest BCUT2D eigenvalue weighted by atomic mass is 19.4. The Kier molecular flexibility index (Phi) is 7.69. The molecular formula is C30H31F6N3O2. The van der Waals surface area contributed by atoms with Crippen LogP contribution in [0.25, 0.3) is 10.9 Å². The highest BCUT2D eigenvalue weighted by Crippen LogP contribution is 2.46. The Morgan fingerprint density at radius 1 is 0.902 bits per heavy atom. The van der Waals surface area contributed by atoms with Gasteiger partial charge in [-0.05, 0) is 91.2 Å². The Hall–Kier alpha value is -3.34. The summed E-state index contributed by atoms with van der Waals surface area (Å²) in [5.41, 5.74) is -1.92. The first kappa shape index (κ1) is 29.2. The van der Waals surface area contributed by atoms with Gasteiger partial charge in [0.15, 0.2) is 0 Å². The van der Waals surface area contributed by atoms with Gasteiger partial charge in [-0.2, -0.15) is 26.3 Å². The van der Waals surface area contributed by atoms with E-state index in [1.54, 1.807) is 17.7 Å². The van der Waals surface area contributed by atoms with Gasteiger partial charge in [-0.1, -0.05) is 18.9 Å². The number of hydrogen-bond acceptors (Lipinski definition) is 3. The number of carbonyl (C=O) groups is 1. The Morgan fingerprint density at radius 2 is 1.54 bits per heavy atom. The van der Waals surface area contributed by atoms with Crippen molar-refractivity contribution in [3.63, 3.8) is 0 Å². The smallest absolute Gasteiger partial charge is 0.352 e. The van der Waals surface area contributed by atoms with Crippen LogP contribution in [0, 0.1) is 11.3 Å². The fourth-order valence-corrected chi connectivity index (χ4v) is 5.82. The maximum Gasteiger partial charge on any atom is 0.416 e. The fraction of sp³-hybridized carbons (Fsp3) is 0.467. The number of nitrogens with zero attached hydrogens (tertiary/aromatic N) is 2. The Bertz CT molecular complexity index is 1470. The number of benzene rings is 2. The predicted octanol–water partition coefficient (Wildman–Crippen LogP) is 6.27. The Morgan fingerprint density at radius 3 is 2.12 bits per heavy atom. The van der Waals surface area contributed by atoms with Crippen LogP contribution < -0.4 is 10.9 Å². The van der Waals surface area contributed by atoms with Crippen LogP contribution >= 0.6 is 0 Å². The van der Waals surface area contributed by atoms with Crippen LogP contribution in [0.1, 0.15) is 54.4 Å². The van der Waals surface area contributed by atoms with Crippen LogP contribution in [0.5, 0.6) is 0 Å². The van der Waals surface area contributed by atoms with Crippen LogP contribution in [0.4, 0.5) is 26.3 Å². The maximum absolute atomic E-state index is 13.5. The number of rotatable bonds is 7. The number of alkyl halides is 6. The molecule has 0 unspecified atom stereocenters. The van der Waals surface area contributed by atoms with Gasteiger partial charge >= 0.3 is 12.4 Å². The third-order valence-electron chi connectivity index (χ3n) is 8.37. The highest BCUT2D eigenvalue weighted by Gasteiger charge is 2.45. The van der Waals surface area contributed by atoms with E-state index in [0.717, 1.165) is 29.3 Å². The SMILES string of the molecule is Cn1c(=O)ccc2cc(CN3CCC(CC4CC4)(C(=O)NCc4cc(C(F)(F)F)cc(C(F)(F)F)c4)CC3)ccc21. The van der Waals surface area contributed by atoms with E-state index in [9.17, 15) is 35.9 Å². The minimum absolute atomic E-state index is 0.0830. The Labute approximate surface area is 233 Å². The second kappa shape index (κ2) is 10.8. The fourth-order valence-electron chi connectivity index (χ4n) is 5.82. The summed E-state index contributed by atoms with van der Waals surface area (Å²) in [6, 6.07) is 10.7. The van der Waals surface area contributed by atoms with Crippen molar-refractivity contribution in [1.82, 2.24) is 14.8 Å². The molecule has 0 spiro atoms. The number of pyridine rings is 1. The van der Waals surface area contributed by atoms with E-state index in [2.05, 4.69) is 10.2 Å². The number of carbonyl (C=O) groups excluding carboxylic acids is 1. The second-order valence-electron chi connectivity index (χ2n) is 11.4. The number of likely N-dealkylation sites (tertiary alicyclic amines) is 1. The molecule has 2 fully saturated rings. The van der Waals surface area contributed by atoms with E-state index >= 15 is 0 Å². The van der Waals surface area contributed by atoms with Crippen molar-refractivity contribution in [1.29, 1.82) is 0 Å². The number of piperidine rings is 1. The summed E-state index contributed by atoms with van der Waals surface area (Å²) in [6.07, 6.45) is -6.10. The van der Waals surface area contributed by atoms with Crippen LogP contribution in [-0.2, 0) is 37.3 Å². The number of amides is 1. The molecule has 0 radical (unpaired) electrons. The molecule has 1 amide bonds. The molecule has 2 heterocycles. The topological polar surface area (TPSA) is 54.3 Å². The lowest BCUT2D eigenvalue weighted by atomic mass is 9.73. The Balaban J connectivity index is 1.27. The van der Waals surface area contributed by atoms with Gasteiger partial charge < -0.3 is 9.88 Å². The van der Waals surface area contributed by atoms with Gasteiger partial charge in [0.1, 0.15) is 0 Å². The first-order valence-corrected chi connectivity index (χ1v) is 13.6. The van der Waals surface area contributed by atoms with Crippen molar-refractivity contribution >= 4 is 16.8 Å². The monoisotopic (exact) mass is 579 g/mol. The summed E-state index contributed by atoms with van der Waals surface area (Å²) >= 11 is 0. The molecule has 1 saturated carbocycles. The molecule has 1 aliphatic carbocycles. The maximum atomic E-state index is 13.5. The summed E-state index contributed by atoms with van der Waals surface area (Å²) in [7, 11) is 1.72. The second-order valence-corrected chi connectivity index (χ2v) is 11.4. The first-order chi connectivity index (χ1) is 19.2. The molecule has 5 rings (SSSR count). The van der Waals surface area contributed by atoms with Crippen LogP contribution in [0.2, 0.25) is 0 Å².